The molecule has 156 valence electrons. The van der Waals surface area contributed by atoms with Crippen molar-refractivity contribution in [1.82, 2.24) is 9.21 Å². The fourth-order valence-electron chi connectivity index (χ4n) is 3.20. The topological polar surface area (TPSA) is 66.9 Å². The Morgan fingerprint density at radius 2 is 1.86 bits per heavy atom. The summed E-state index contributed by atoms with van der Waals surface area (Å²) in [6, 6.07) is 10.9. The van der Waals surface area contributed by atoms with Gasteiger partial charge in [0.25, 0.3) is 0 Å². The third kappa shape index (κ3) is 5.07. The van der Waals surface area contributed by atoms with Crippen molar-refractivity contribution in [3.63, 3.8) is 0 Å². The molecule has 0 aliphatic carbocycles. The number of carbonyl (C=O) groups is 1. The largest absolute Gasteiger partial charge is 0.497 e. The molecule has 6 nitrogen and oxygen atoms in total. The molecule has 1 amide bonds. The van der Waals surface area contributed by atoms with E-state index < -0.39 is 15.8 Å². The monoisotopic (exact) mass is 440 g/mol. The highest BCUT2D eigenvalue weighted by Crippen LogP contribution is 2.23. The Balaban J connectivity index is 1.56. The van der Waals surface area contributed by atoms with E-state index >= 15 is 0 Å². The number of methoxy groups -OCH3 is 1. The summed E-state index contributed by atoms with van der Waals surface area (Å²) in [5.41, 5.74) is 1.01. The van der Waals surface area contributed by atoms with Crippen LogP contribution in [0.15, 0.2) is 47.4 Å². The Morgan fingerprint density at radius 1 is 1.14 bits per heavy atom. The summed E-state index contributed by atoms with van der Waals surface area (Å²) in [6.45, 7) is 0.987. The van der Waals surface area contributed by atoms with E-state index in [1.807, 2.05) is 24.3 Å². The first-order valence-electron chi connectivity index (χ1n) is 9.17. The van der Waals surface area contributed by atoms with Gasteiger partial charge in [0.05, 0.1) is 17.0 Å². The Morgan fingerprint density at radius 3 is 2.52 bits per heavy atom. The zero-order chi connectivity index (χ0) is 21.0. The molecule has 3 rings (SSSR count). The Kier molecular flexibility index (Phi) is 6.77. The standard InChI is InChI=1S/C20H22ClFN2O4S/c1-28-16-4-2-3-15(13-16)5-8-20(25)23-9-11-24(12-10-23)29(26,27)17-6-7-19(22)18(21)14-17/h2-4,6-7,13-14H,5,8-12H2,1H3. The molecule has 0 bridgehead atoms. The van der Waals surface area contributed by atoms with Crippen molar-refractivity contribution in [3.8, 4) is 5.75 Å². The Labute approximate surface area is 174 Å². The van der Waals surface area contributed by atoms with E-state index in [2.05, 4.69) is 0 Å². The summed E-state index contributed by atoms with van der Waals surface area (Å²) in [6.07, 6.45) is 0.927. The predicted molar refractivity (Wildman–Crippen MR) is 108 cm³/mol. The maximum absolute atomic E-state index is 13.3. The van der Waals surface area contributed by atoms with Gasteiger partial charge in [0.2, 0.25) is 15.9 Å². The zero-order valence-corrected chi connectivity index (χ0v) is 17.5. The van der Waals surface area contributed by atoms with Crippen LogP contribution in [0.2, 0.25) is 5.02 Å². The third-order valence-electron chi connectivity index (χ3n) is 4.88. The van der Waals surface area contributed by atoms with Gasteiger partial charge in [-0.3, -0.25) is 4.79 Å². The smallest absolute Gasteiger partial charge is 0.243 e. The van der Waals surface area contributed by atoms with Crippen molar-refractivity contribution in [3.05, 3.63) is 58.9 Å². The highest BCUT2D eigenvalue weighted by Gasteiger charge is 2.30. The van der Waals surface area contributed by atoms with Crippen molar-refractivity contribution in [1.29, 1.82) is 0 Å². The maximum atomic E-state index is 13.3. The number of piperazine rings is 1. The molecule has 1 aliphatic rings. The number of benzene rings is 2. The first kappa shape index (κ1) is 21.5. The first-order chi connectivity index (χ1) is 13.8. The summed E-state index contributed by atoms with van der Waals surface area (Å²) in [4.78, 5) is 14.1. The highest BCUT2D eigenvalue weighted by atomic mass is 35.5. The number of ether oxygens (including phenoxy) is 1. The molecular weight excluding hydrogens is 419 g/mol. The number of aryl methyl sites for hydroxylation is 1. The number of sulfonamides is 1. The van der Waals surface area contributed by atoms with Crippen molar-refractivity contribution in [2.45, 2.75) is 17.7 Å². The molecule has 0 radical (unpaired) electrons. The van der Waals surface area contributed by atoms with Crippen LogP contribution in [0.4, 0.5) is 4.39 Å². The molecule has 29 heavy (non-hydrogen) atoms. The lowest BCUT2D eigenvalue weighted by Gasteiger charge is -2.34. The van der Waals surface area contributed by atoms with Gasteiger partial charge in [0.15, 0.2) is 0 Å². The number of carbonyl (C=O) groups excluding carboxylic acids is 1. The number of halogens is 2. The Hall–Kier alpha value is -2.16. The fraction of sp³-hybridized carbons (Fsp3) is 0.350. The van der Waals surface area contributed by atoms with E-state index in [9.17, 15) is 17.6 Å². The van der Waals surface area contributed by atoms with Crippen molar-refractivity contribution in [2.24, 2.45) is 0 Å². The van der Waals surface area contributed by atoms with Crippen LogP contribution >= 0.6 is 11.6 Å². The van der Waals surface area contributed by atoms with Gasteiger partial charge in [-0.2, -0.15) is 4.31 Å². The van der Waals surface area contributed by atoms with E-state index in [-0.39, 0.29) is 28.9 Å². The SMILES string of the molecule is COc1cccc(CCC(=O)N2CCN(S(=O)(=O)c3ccc(F)c(Cl)c3)CC2)c1. The normalized spacial score (nSPS) is 15.3. The van der Waals surface area contributed by atoms with Crippen LogP contribution in [0.5, 0.6) is 5.75 Å². The lowest BCUT2D eigenvalue weighted by Crippen LogP contribution is -2.50. The molecule has 0 aromatic heterocycles. The number of hydrogen-bond donors (Lipinski definition) is 0. The summed E-state index contributed by atoms with van der Waals surface area (Å²) >= 11 is 5.71. The maximum Gasteiger partial charge on any atom is 0.243 e. The van der Waals surface area contributed by atoms with Gasteiger partial charge in [-0.1, -0.05) is 23.7 Å². The van der Waals surface area contributed by atoms with Crippen LogP contribution in [0.25, 0.3) is 0 Å². The Bertz CT molecular complexity index is 992. The van der Waals surface area contributed by atoms with E-state index in [0.29, 0.717) is 25.9 Å². The summed E-state index contributed by atoms with van der Waals surface area (Å²) in [5.74, 6) is 0.0569. The van der Waals surface area contributed by atoms with Gasteiger partial charge in [0.1, 0.15) is 11.6 Å². The first-order valence-corrected chi connectivity index (χ1v) is 11.0. The second-order valence-corrected chi connectivity index (χ2v) is 9.06. The molecule has 2 aromatic carbocycles. The minimum absolute atomic E-state index is 0.0188. The second-order valence-electron chi connectivity index (χ2n) is 6.71. The number of amides is 1. The van der Waals surface area contributed by atoms with Gasteiger partial charge >= 0.3 is 0 Å². The van der Waals surface area contributed by atoms with Crippen molar-refractivity contribution < 1.29 is 22.3 Å². The molecule has 0 unspecified atom stereocenters. The molecule has 2 aromatic rings. The van der Waals surface area contributed by atoms with Crippen LogP contribution in [-0.2, 0) is 21.2 Å². The minimum Gasteiger partial charge on any atom is -0.497 e. The molecule has 1 fully saturated rings. The summed E-state index contributed by atoms with van der Waals surface area (Å²) in [7, 11) is -2.19. The molecule has 0 saturated carbocycles. The lowest BCUT2D eigenvalue weighted by molar-refractivity contribution is -0.132. The molecule has 0 atom stereocenters. The van der Waals surface area contributed by atoms with Crippen LogP contribution < -0.4 is 4.74 Å². The number of hydrogen-bond acceptors (Lipinski definition) is 4. The van der Waals surface area contributed by atoms with E-state index in [1.54, 1.807) is 12.0 Å². The third-order valence-corrected chi connectivity index (χ3v) is 7.07. The summed E-state index contributed by atoms with van der Waals surface area (Å²) in [5, 5.41) is -0.238. The zero-order valence-electron chi connectivity index (χ0n) is 16.0. The molecule has 1 aliphatic heterocycles. The van der Waals surface area contributed by atoms with Crippen LogP contribution in [-0.4, -0.2) is 56.8 Å². The summed E-state index contributed by atoms with van der Waals surface area (Å²) < 4.78 is 45.3. The average Bonchev–Trinajstić information content (AvgIpc) is 2.74. The molecular formula is C20H22ClFN2O4S. The van der Waals surface area contributed by atoms with Crippen molar-refractivity contribution >= 4 is 27.5 Å². The highest BCUT2D eigenvalue weighted by molar-refractivity contribution is 7.89. The minimum atomic E-state index is -3.78. The number of nitrogens with zero attached hydrogens (tertiary/aromatic N) is 2. The lowest BCUT2D eigenvalue weighted by atomic mass is 10.1. The van der Waals surface area contributed by atoms with E-state index in [0.717, 1.165) is 23.4 Å². The van der Waals surface area contributed by atoms with Crippen molar-refractivity contribution in [2.75, 3.05) is 33.3 Å². The predicted octanol–water partition coefficient (Wildman–Crippen LogP) is 2.95. The van der Waals surface area contributed by atoms with E-state index in [1.165, 1.54) is 10.4 Å². The van der Waals surface area contributed by atoms with Crippen LogP contribution in [0.1, 0.15) is 12.0 Å². The van der Waals surface area contributed by atoms with Gasteiger partial charge in [0, 0.05) is 32.6 Å². The van der Waals surface area contributed by atoms with Gasteiger partial charge in [-0.25, -0.2) is 12.8 Å². The molecule has 1 saturated heterocycles. The van der Waals surface area contributed by atoms with Gasteiger partial charge in [-0.05, 0) is 42.3 Å². The van der Waals surface area contributed by atoms with Crippen LogP contribution in [0.3, 0.4) is 0 Å². The fourth-order valence-corrected chi connectivity index (χ4v) is 4.90. The molecule has 0 spiro atoms. The number of rotatable bonds is 6. The molecule has 0 N–H and O–H groups in total. The average molecular weight is 441 g/mol. The second kappa shape index (κ2) is 9.11. The van der Waals surface area contributed by atoms with Gasteiger partial charge in [-0.15, -0.1) is 0 Å². The quantitative estimate of drug-likeness (QED) is 0.692. The van der Waals surface area contributed by atoms with E-state index in [4.69, 9.17) is 16.3 Å². The van der Waals surface area contributed by atoms with Gasteiger partial charge < -0.3 is 9.64 Å². The molecule has 9 heteroatoms. The van der Waals surface area contributed by atoms with Crippen LogP contribution in [0, 0.1) is 5.82 Å². The molecule has 1 heterocycles.